The molecule has 0 aromatic carbocycles. The Balaban J connectivity index is 3.08. The lowest BCUT2D eigenvalue weighted by molar-refractivity contribution is -0.295. The van der Waals surface area contributed by atoms with Gasteiger partial charge in [0.1, 0.15) is 6.10 Å². The Bertz CT molecular complexity index is 408. The molecule has 0 aromatic heterocycles. The Labute approximate surface area is 120 Å². The molecule has 1 aliphatic heterocycles. The molecule has 1 rings (SSSR count). The number of hydrogen-bond donors (Lipinski definition) is 2. The first kappa shape index (κ1) is 17.3. The molecule has 0 bridgehead atoms. The number of carbonyl (C=O) groups excluding carboxylic acids is 3. The van der Waals surface area contributed by atoms with Gasteiger partial charge in [-0.3, -0.25) is 14.4 Å². The second-order valence-electron chi connectivity index (χ2n) is 4.47. The summed E-state index contributed by atoms with van der Waals surface area (Å²) in [6.45, 7) is 2.71. The van der Waals surface area contributed by atoms with Crippen molar-refractivity contribution in [2.24, 2.45) is 0 Å². The highest BCUT2D eigenvalue weighted by Gasteiger charge is 2.51. The number of ether oxygens (including phenoxy) is 4. The highest BCUT2D eigenvalue weighted by molar-refractivity contribution is 5.68. The summed E-state index contributed by atoms with van der Waals surface area (Å²) in [5.74, 6) is -2.19. The van der Waals surface area contributed by atoms with E-state index >= 15 is 0 Å². The molecule has 9 heteroatoms. The van der Waals surface area contributed by atoms with E-state index in [1.165, 1.54) is 0 Å². The van der Waals surface area contributed by atoms with Crippen LogP contribution in [0.2, 0.25) is 0 Å². The molecule has 1 heterocycles. The topological polar surface area (TPSA) is 129 Å². The summed E-state index contributed by atoms with van der Waals surface area (Å²) in [6, 6.07) is 0. The van der Waals surface area contributed by atoms with Crippen LogP contribution in [0.25, 0.3) is 0 Å². The fraction of sp³-hybridized carbons (Fsp3) is 0.750. The van der Waals surface area contributed by atoms with E-state index in [-0.39, 0.29) is 0 Å². The van der Waals surface area contributed by atoms with Crippen LogP contribution in [-0.2, 0) is 33.3 Å². The van der Waals surface area contributed by atoms with Crippen molar-refractivity contribution in [2.75, 3.05) is 6.61 Å². The molecule has 2 N–H and O–H groups in total. The van der Waals surface area contributed by atoms with E-state index in [0.717, 1.165) is 20.8 Å². The Morgan fingerprint density at radius 2 is 1.33 bits per heavy atom. The highest BCUT2D eigenvalue weighted by Crippen LogP contribution is 2.27. The molecule has 1 aliphatic rings. The second-order valence-corrected chi connectivity index (χ2v) is 4.47. The molecule has 0 unspecified atom stereocenters. The number of carbonyl (C=O) groups is 3. The summed E-state index contributed by atoms with van der Waals surface area (Å²) in [5, 5.41) is 19.0. The van der Waals surface area contributed by atoms with E-state index in [9.17, 15) is 24.6 Å². The molecule has 0 radical (unpaired) electrons. The van der Waals surface area contributed by atoms with Gasteiger partial charge in [-0.15, -0.1) is 0 Å². The van der Waals surface area contributed by atoms with Crippen molar-refractivity contribution in [1.29, 1.82) is 0 Å². The minimum Gasteiger partial charge on any atom is -0.456 e. The predicted octanol–water partition coefficient (Wildman–Crippen LogP) is -1.51. The fourth-order valence-corrected chi connectivity index (χ4v) is 2.02. The van der Waals surface area contributed by atoms with Gasteiger partial charge in [-0.05, 0) is 0 Å². The Hall–Kier alpha value is -1.71. The molecule has 1 fully saturated rings. The van der Waals surface area contributed by atoms with Gasteiger partial charge >= 0.3 is 17.9 Å². The monoisotopic (exact) mass is 306 g/mol. The number of rotatable bonds is 4. The first-order chi connectivity index (χ1) is 9.76. The predicted molar refractivity (Wildman–Crippen MR) is 64.6 cm³/mol. The smallest absolute Gasteiger partial charge is 0.303 e. The average molecular weight is 306 g/mol. The third-order valence-electron chi connectivity index (χ3n) is 2.70. The van der Waals surface area contributed by atoms with Gasteiger partial charge in [0.15, 0.2) is 24.6 Å². The molecule has 120 valence electrons. The first-order valence-corrected chi connectivity index (χ1v) is 6.22. The van der Waals surface area contributed by atoms with E-state index < -0.39 is 55.2 Å². The first-order valence-electron chi connectivity index (χ1n) is 6.22. The third-order valence-corrected chi connectivity index (χ3v) is 2.70. The maximum absolute atomic E-state index is 11.2. The van der Waals surface area contributed by atoms with Crippen LogP contribution in [0.15, 0.2) is 0 Å². The van der Waals surface area contributed by atoms with E-state index in [4.69, 9.17) is 18.9 Å². The summed E-state index contributed by atoms with van der Waals surface area (Å²) in [7, 11) is 0. The Morgan fingerprint density at radius 3 is 1.76 bits per heavy atom. The number of aliphatic hydroxyl groups is 2. The lowest BCUT2D eigenvalue weighted by atomic mass is 9.98. The normalized spacial score (nSPS) is 32.1. The van der Waals surface area contributed by atoms with Crippen LogP contribution < -0.4 is 0 Å². The van der Waals surface area contributed by atoms with Gasteiger partial charge in [-0.25, -0.2) is 0 Å². The molecular weight excluding hydrogens is 288 g/mol. The zero-order chi connectivity index (χ0) is 16.2. The highest BCUT2D eigenvalue weighted by atomic mass is 16.7. The molecule has 0 amide bonds. The summed E-state index contributed by atoms with van der Waals surface area (Å²) in [4.78, 5) is 33.4. The van der Waals surface area contributed by atoms with Crippen molar-refractivity contribution in [1.82, 2.24) is 0 Å². The Kier molecular flexibility index (Phi) is 6.06. The van der Waals surface area contributed by atoms with Crippen LogP contribution in [0.5, 0.6) is 0 Å². The fourth-order valence-electron chi connectivity index (χ4n) is 2.02. The van der Waals surface area contributed by atoms with Crippen molar-refractivity contribution < 1.29 is 43.5 Å². The molecule has 5 atom stereocenters. The van der Waals surface area contributed by atoms with Gasteiger partial charge in [-0.2, -0.15) is 0 Å². The van der Waals surface area contributed by atoms with Crippen molar-refractivity contribution in [2.45, 2.75) is 51.5 Å². The second kappa shape index (κ2) is 7.34. The van der Waals surface area contributed by atoms with Crippen molar-refractivity contribution in [3.05, 3.63) is 0 Å². The number of aliphatic hydroxyl groups excluding tert-OH is 2. The van der Waals surface area contributed by atoms with Gasteiger partial charge in [0, 0.05) is 20.8 Å². The molecule has 0 spiro atoms. The number of hydrogen-bond acceptors (Lipinski definition) is 9. The molecule has 1 saturated heterocycles. The maximum Gasteiger partial charge on any atom is 0.303 e. The standard InChI is InChI=1S/C12H18O9/c1-5(14)18-9-8(4-13)21-12(17)11(20-7(3)16)10(9)19-6(2)15/h8-13,17H,4H2,1-3H3/t8-,9+,10-,11-,12+/m0/s1. The van der Waals surface area contributed by atoms with Crippen LogP contribution in [0.1, 0.15) is 20.8 Å². The van der Waals surface area contributed by atoms with E-state index in [1.54, 1.807) is 0 Å². The van der Waals surface area contributed by atoms with Gasteiger partial charge in [0.25, 0.3) is 0 Å². The molecule has 0 aliphatic carbocycles. The zero-order valence-corrected chi connectivity index (χ0v) is 11.8. The molecular formula is C12H18O9. The lowest BCUT2D eigenvalue weighted by Crippen LogP contribution is -2.62. The van der Waals surface area contributed by atoms with Gasteiger partial charge in [0.05, 0.1) is 6.61 Å². The summed E-state index contributed by atoms with van der Waals surface area (Å²) >= 11 is 0. The van der Waals surface area contributed by atoms with E-state index in [2.05, 4.69) is 0 Å². The third kappa shape index (κ3) is 4.66. The Morgan fingerprint density at radius 1 is 0.905 bits per heavy atom. The largest absolute Gasteiger partial charge is 0.456 e. The molecule has 0 saturated carbocycles. The van der Waals surface area contributed by atoms with Crippen LogP contribution in [0, 0.1) is 0 Å². The van der Waals surface area contributed by atoms with Crippen LogP contribution in [-0.4, -0.2) is 65.4 Å². The lowest BCUT2D eigenvalue weighted by Gasteiger charge is -2.42. The van der Waals surface area contributed by atoms with E-state index in [0.29, 0.717) is 0 Å². The van der Waals surface area contributed by atoms with Gasteiger partial charge in [-0.1, -0.05) is 0 Å². The van der Waals surface area contributed by atoms with Crippen LogP contribution >= 0.6 is 0 Å². The van der Waals surface area contributed by atoms with Crippen molar-refractivity contribution >= 4 is 17.9 Å². The van der Waals surface area contributed by atoms with Crippen molar-refractivity contribution in [3.63, 3.8) is 0 Å². The van der Waals surface area contributed by atoms with Gasteiger partial charge < -0.3 is 29.2 Å². The minimum absolute atomic E-state index is 0.598. The summed E-state index contributed by atoms with van der Waals surface area (Å²) < 4.78 is 19.8. The van der Waals surface area contributed by atoms with Crippen LogP contribution in [0.4, 0.5) is 0 Å². The van der Waals surface area contributed by atoms with Crippen molar-refractivity contribution in [3.8, 4) is 0 Å². The van der Waals surface area contributed by atoms with Crippen LogP contribution in [0.3, 0.4) is 0 Å². The molecule has 21 heavy (non-hydrogen) atoms. The molecule has 9 nitrogen and oxygen atoms in total. The quantitative estimate of drug-likeness (QED) is 0.470. The average Bonchev–Trinajstić information content (AvgIpc) is 2.35. The molecule has 0 aromatic rings. The maximum atomic E-state index is 11.2. The number of esters is 3. The summed E-state index contributed by atoms with van der Waals surface area (Å²) in [6.07, 6.45) is -6.65. The van der Waals surface area contributed by atoms with E-state index in [1.807, 2.05) is 0 Å². The van der Waals surface area contributed by atoms with Gasteiger partial charge in [0.2, 0.25) is 0 Å². The SMILES string of the molecule is CC(=O)O[C@@H]1[C@H](OC(C)=O)[C@H](O)O[C@@H](CO)[C@H]1OC(C)=O. The zero-order valence-electron chi connectivity index (χ0n) is 11.8. The summed E-state index contributed by atoms with van der Waals surface area (Å²) in [5.41, 5.74) is 0. The minimum atomic E-state index is -1.64.